The van der Waals surface area contributed by atoms with Crippen molar-refractivity contribution in [1.29, 1.82) is 0 Å². The van der Waals surface area contributed by atoms with Crippen molar-refractivity contribution in [2.75, 3.05) is 20.1 Å². The SMILES string of the molecule is CNC(=O)NC(C)C1CCNC1. The van der Waals surface area contributed by atoms with Gasteiger partial charge in [-0.2, -0.15) is 0 Å². The number of hydrogen-bond donors (Lipinski definition) is 3. The normalized spacial score (nSPS) is 25.0. The van der Waals surface area contributed by atoms with Crippen molar-refractivity contribution in [2.45, 2.75) is 19.4 Å². The van der Waals surface area contributed by atoms with Crippen LogP contribution < -0.4 is 16.0 Å². The van der Waals surface area contributed by atoms with E-state index in [1.54, 1.807) is 7.05 Å². The molecule has 12 heavy (non-hydrogen) atoms. The highest BCUT2D eigenvalue weighted by Crippen LogP contribution is 2.11. The zero-order valence-corrected chi connectivity index (χ0v) is 7.68. The molecule has 2 atom stereocenters. The molecule has 0 aromatic rings. The molecule has 4 heteroatoms. The third-order valence-corrected chi connectivity index (χ3v) is 2.39. The Morgan fingerprint density at radius 2 is 2.42 bits per heavy atom. The van der Waals surface area contributed by atoms with Gasteiger partial charge in [-0.05, 0) is 32.4 Å². The topological polar surface area (TPSA) is 53.2 Å². The number of nitrogens with one attached hydrogen (secondary N) is 3. The highest BCUT2D eigenvalue weighted by Gasteiger charge is 2.21. The molecular weight excluding hydrogens is 154 g/mol. The molecule has 0 bridgehead atoms. The largest absolute Gasteiger partial charge is 0.341 e. The average Bonchev–Trinajstić information content (AvgIpc) is 2.56. The third-order valence-electron chi connectivity index (χ3n) is 2.39. The summed E-state index contributed by atoms with van der Waals surface area (Å²) in [4.78, 5) is 10.9. The molecule has 1 saturated heterocycles. The highest BCUT2D eigenvalue weighted by atomic mass is 16.2. The van der Waals surface area contributed by atoms with Gasteiger partial charge in [-0.1, -0.05) is 0 Å². The van der Waals surface area contributed by atoms with E-state index in [2.05, 4.69) is 16.0 Å². The minimum atomic E-state index is -0.0885. The van der Waals surface area contributed by atoms with Crippen LogP contribution in [0.5, 0.6) is 0 Å². The lowest BCUT2D eigenvalue weighted by atomic mass is 10.0. The number of carbonyl (C=O) groups is 1. The van der Waals surface area contributed by atoms with Gasteiger partial charge in [0.15, 0.2) is 0 Å². The van der Waals surface area contributed by atoms with E-state index < -0.39 is 0 Å². The maximum Gasteiger partial charge on any atom is 0.314 e. The van der Waals surface area contributed by atoms with Crippen molar-refractivity contribution in [1.82, 2.24) is 16.0 Å². The fourth-order valence-electron chi connectivity index (χ4n) is 1.50. The molecule has 1 aliphatic rings. The Morgan fingerprint density at radius 1 is 1.67 bits per heavy atom. The molecule has 3 N–H and O–H groups in total. The van der Waals surface area contributed by atoms with Crippen molar-refractivity contribution in [3.05, 3.63) is 0 Å². The number of hydrogen-bond acceptors (Lipinski definition) is 2. The Morgan fingerprint density at radius 3 is 2.92 bits per heavy atom. The minimum Gasteiger partial charge on any atom is -0.341 e. The molecule has 0 aromatic carbocycles. The maximum atomic E-state index is 10.9. The van der Waals surface area contributed by atoms with Gasteiger partial charge in [0, 0.05) is 13.1 Å². The van der Waals surface area contributed by atoms with Gasteiger partial charge in [0.25, 0.3) is 0 Å². The Labute approximate surface area is 73.1 Å². The van der Waals surface area contributed by atoms with Gasteiger partial charge < -0.3 is 16.0 Å². The fraction of sp³-hybridized carbons (Fsp3) is 0.875. The Kier molecular flexibility index (Phi) is 3.34. The van der Waals surface area contributed by atoms with Crippen molar-refractivity contribution in [3.63, 3.8) is 0 Å². The second-order valence-electron chi connectivity index (χ2n) is 3.27. The molecular formula is C8H17N3O. The van der Waals surface area contributed by atoms with Gasteiger partial charge in [0.2, 0.25) is 0 Å². The average molecular weight is 171 g/mol. The van der Waals surface area contributed by atoms with Crippen LogP contribution in [0.2, 0.25) is 0 Å². The monoisotopic (exact) mass is 171 g/mol. The zero-order valence-electron chi connectivity index (χ0n) is 7.68. The molecule has 0 aliphatic carbocycles. The summed E-state index contributed by atoms with van der Waals surface area (Å²) in [6.07, 6.45) is 1.16. The van der Waals surface area contributed by atoms with E-state index >= 15 is 0 Å². The Hall–Kier alpha value is -0.770. The second-order valence-corrected chi connectivity index (χ2v) is 3.27. The van der Waals surface area contributed by atoms with Crippen LogP contribution in [0.1, 0.15) is 13.3 Å². The number of amides is 2. The summed E-state index contributed by atoms with van der Waals surface area (Å²) in [5.41, 5.74) is 0. The van der Waals surface area contributed by atoms with E-state index in [1.807, 2.05) is 6.92 Å². The van der Waals surface area contributed by atoms with Crippen LogP contribution in [-0.4, -0.2) is 32.2 Å². The lowest BCUT2D eigenvalue weighted by Gasteiger charge is -2.19. The molecule has 0 spiro atoms. The molecule has 1 fully saturated rings. The highest BCUT2D eigenvalue weighted by molar-refractivity contribution is 5.73. The molecule has 2 unspecified atom stereocenters. The van der Waals surface area contributed by atoms with E-state index in [0.717, 1.165) is 19.5 Å². The van der Waals surface area contributed by atoms with Crippen LogP contribution in [0.3, 0.4) is 0 Å². The van der Waals surface area contributed by atoms with Crippen molar-refractivity contribution < 1.29 is 4.79 Å². The van der Waals surface area contributed by atoms with E-state index in [0.29, 0.717) is 5.92 Å². The fourth-order valence-corrected chi connectivity index (χ4v) is 1.50. The van der Waals surface area contributed by atoms with Crippen molar-refractivity contribution in [3.8, 4) is 0 Å². The maximum absolute atomic E-state index is 10.9. The summed E-state index contributed by atoms with van der Waals surface area (Å²) in [7, 11) is 1.63. The van der Waals surface area contributed by atoms with E-state index in [4.69, 9.17) is 0 Å². The number of rotatable bonds is 2. The van der Waals surface area contributed by atoms with Crippen molar-refractivity contribution in [2.24, 2.45) is 5.92 Å². The lowest BCUT2D eigenvalue weighted by molar-refractivity contribution is 0.235. The standard InChI is InChI=1S/C8H17N3O/c1-6(11-8(12)9-2)7-3-4-10-5-7/h6-7,10H,3-5H2,1-2H3,(H2,9,11,12). The summed E-state index contributed by atoms with van der Waals surface area (Å²) in [6.45, 7) is 4.14. The second kappa shape index (κ2) is 4.30. The summed E-state index contributed by atoms with van der Waals surface area (Å²) in [5, 5.41) is 8.70. The summed E-state index contributed by atoms with van der Waals surface area (Å²) >= 11 is 0. The molecule has 1 heterocycles. The van der Waals surface area contributed by atoms with Crippen LogP contribution >= 0.6 is 0 Å². The molecule has 2 amide bonds. The molecule has 0 radical (unpaired) electrons. The zero-order chi connectivity index (χ0) is 8.97. The van der Waals surface area contributed by atoms with Crippen LogP contribution in [0.25, 0.3) is 0 Å². The first-order valence-corrected chi connectivity index (χ1v) is 4.43. The number of carbonyl (C=O) groups excluding carboxylic acids is 1. The first kappa shape index (κ1) is 9.32. The van der Waals surface area contributed by atoms with Crippen molar-refractivity contribution >= 4 is 6.03 Å². The Bertz CT molecular complexity index is 154. The van der Waals surface area contributed by atoms with Crippen LogP contribution in [0.15, 0.2) is 0 Å². The molecule has 0 aromatic heterocycles. The molecule has 4 nitrogen and oxygen atoms in total. The van der Waals surface area contributed by atoms with Gasteiger partial charge in [0.05, 0.1) is 0 Å². The van der Waals surface area contributed by atoms with E-state index in [-0.39, 0.29) is 12.1 Å². The first-order valence-electron chi connectivity index (χ1n) is 4.43. The van der Waals surface area contributed by atoms with Gasteiger partial charge in [-0.15, -0.1) is 0 Å². The van der Waals surface area contributed by atoms with E-state index in [1.165, 1.54) is 0 Å². The summed E-state index contributed by atoms with van der Waals surface area (Å²) < 4.78 is 0. The smallest absolute Gasteiger partial charge is 0.314 e. The van der Waals surface area contributed by atoms with Gasteiger partial charge in [-0.25, -0.2) is 4.79 Å². The van der Waals surface area contributed by atoms with Crippen LogP contribution in [0.4, 0.5) is 4.79 Å². The molecule has 0 saturated carbocycles. The minimum absolute atomic E-state index is 0.0885. The van der Waals surface area contributed by atoms with Gasteiger partial charge in [-0.3, -0.25) is 0 Å². The first-order chi connectivity index (χ1) is 5.74. The lowest BCUT2D eigenvalue weighted by Crippen LogP contribution is -2.43. The Balaban J connectivity index is 2.26. The quantitative estimate of drug-likeness (QED) is 0.544. The summed E-state index contributed by atoms with van der Waals surface area (Å²) in [5.74, 6) is 0.585. The molecule has 70 valence electrons. The molecule has 1 aliphatic heterocycles. The van der Waals surface area contributed by atoms with Gasteiger partial charge >= 0.3 is 6.03 Å². The molecule has 1 rings (SSSR count). The number of urea groups is 1. The third kappa shape index (κ3) is 2.37. The van der Waals surface area contributed by atoms with Crippen LogP contribution in [0, 0.1) is 5.92 Å². The predicted octanol–water partition coefficient (Wildman–Crippen LogP) is -0.0866. The predicted molar refractivity (Wildman–Crippen MR) is 48.0 cm³/mol. The van der Waals surface area contributed by atoms with E-state index in [9.17, 15) is 4.79 Å². The summed E-state index contributed by atoms with van der Waals surface area (Å²) in [6, 6.07) is 0.175. The van der Waals surface area contributed by atoms with Crippen LogP contribution in [-0.2, 0) is 0 Å². The van der Waals surface area contributed by atoms with Gasteiger partial charge in [0.1, 0.15) is 0 Å².